The Morgan fingerprint density at radius 1 is 1.75 bits per heavy atom. The fraction of sp³-hybridized carbons (Fsp3) is 0.333. The molecule has 0 saturated carbocycles. The van der Waals surface area contributed by atoms with Gasteiger partial charge in [-0.1, -0.05) is 12.7 Å². The summed E-state index contributed by atoms with van der Waals surface area (Å²) < 4.78 is 4.58. The van der Waals surface area contributed by atoms with E-state index in [1.54, 1.807) is 6.08 Å². The molecule has 0 amide bonds. The van der Waals surface area contributed by atoms with Crippen molar-refractivity contribution in [3.8, 4) is 12.0 Å². The van der Waals surface area contributed by atoms with Crippen molar-refractivity contribution in [1.82, 2.24) is 0 Å². The van der Waals surface area contributed by atoms with Gasteiger partial charge in [-0.05, 0) is 5.92 Å². The van der Waals surface area contributed by atoms with E-state index in [2.05, 4.69) is 23.3 Å². The molecule has 0 rings (SSSR count). The normalized spacial score (nSPS) is 6.62. The lowest BCUT2D eigenvalue weighted by molar-refractivity contribution is 0.314. The summed E-state index contributed by atoms with van der Waals surface area (Å²) in [5, 5.41) is 8.09. The number of ether oxygens (including phenoxy) is 1. The molecule has 0 radical (unpaired) electrons. The molecule has 44 valence electrons. The first-order chi connectivity index (χ1) is 3.91. The third-order valence-corrected chi connectivity index (χ3v) is 0.425. The van der Waals surface area contributed by atoms with E-state index in [9.17, 15) is 0 Å². The SMILES string of the molecule is C=CCOC#CCO. The average molecular weight is 112 g/mol. The first kappa shape index (κ1) is 7.06. The lowest BCUT2D eigenvalue weighted by Crippen LogP contribution is -1.80. The highest BCUT2D eigenvalue weighted by Gasteiger charge is 1.66. The van der Waals surface area contributed by atoms with Gasteiger partial charge in [0.25, 0.3) is 0 Å². The van der Waals surface area contributed by atoms with Crippen molar-refractivity contribution in [2.75, 3.05) is 13.2 Å². The van der Waals surface area contributed by atoms with Gasteiger partial charge in [0.15, 0.2) is 0 Å². The lowest BCUT2D eigenvalue weighted by atomic mass is 10.7. The van der Waals surface area contributed by atoms with Crippen LogP contribution >= 0.6 is 0 Å². The summed E-state index contributed by atoms with van der Waals surface area (Å²) in [6.07, 6.45) is 3.85. The summed E-state index contributed by atoms with van der Waals surface area (Å²) >= 11 is 0. The average Bonchev–Trinajstić information content (AvgIpc) is 1.81. The predicted octanol–water partition coefficient (Wildman–Crippen LogP) is 0.142. The fourth-order valence-electron chi connectivity index (χ4n) is 0.184. The van der Waals surface area contributed by atoms with Crippen LogP contribution in [0.5, 0.6) is 0 Å². The molecule has 1 N–H and O–H groups in total. The van der Waals surface area contributed by atoms with Gasteiger partial charge in [0.1, 0.15) is 19.3 Å². The Hall–Kier alpha value is -0.940. The third-order valence-electron chi connectivity index (χ3n) is 0.425. The van der Waals surface area contributed by atoms with Crippen molar-refractivity contribution in [2.45, 2.75) is 0 Å². The second kappa shape index (κ2) is 6.06. The zero-order chi connectivity index (χ0) is 6.24. The van der Waals surface area contributed by atoms with Gasteiger partial charge in [-0.25, -0.2) is 0 Å². The van der Waals surface area contributed by atoms with Crippen molar-refractivity contribution in [3.63, 3.8) is 0 Å². The smallest absolute Gasteiger partial charge is 0.118 e. The summed E-state index contributed by atoms with van der Waals surface area (Å²) in [7, 11) is 0. The molecular weight excluding hydrogens is 104 g/mol. The standard InChI is InChI=1S/C6H8O2/c1-2-5-8-6-3-4-7/h2,7H,1,4-5H2. The molecule has 0 aliphatic rings. The fourth-order valence-corrected chi connectivity index (χ4v) is 0.184. The maximum atomic E-state index is 8.09. The first-order valence-corrected chi connectivity index (χ1v) is 2.23. The van der Waals surface area contributed by atoms with Crippen LogP contribution in [0.3, 0.4) is 0 Å². The molecule has 0 aliphatic carbocycles. The summed E-state index contributed by atoms with van der Waals surface area (Å²) in [6, 6.07) is 0. The van der Waals surface area contributed by atoms with Gasteiger partial charge in [0.05, 0.1) is 0 Å². The van der Waals surface area contributed by atoms with E-state index >= 15 is 0 Å². The molecule has 0 saturated heterocycles. The van der Waals surface area contributed by atoms with Crippen LogP contribution in [0.15, 0.2) is 12.7 Å². The Balaban J connectivity index is 3.02. The Morgan fingerprint density at radius 2 is 2.50 bits per heavy atom. The van der Waals surface area contributed by atoms with Crippen LogP contribution in [0.1, 0.15) is 0 Å². The molecule has 8 heavy (non-hydrogen) atoms. The van der Waals surface area contributed by atoms with E-state index in [1.165, 1.54) is 0 Å². The topological polar surface area (TPSA) is 29.5 Å². The molecule has 0 fully saturated rings. The monoisotopic (exact) mass is 112 g/mol. The summed E-state index contributed by atoms with van der Waals surface area (Å²) in [5.41, 5.74) is 0. The zero-order valence-electron chi connectivity index (χ0n) is 4.55. The Bertz CT molecular complexity index is 107. The van der Waals surface area contributed by atoms with Crippen LogP contribution < -0.4 is 0 Å². The Labute approximate surface area is 48.8 Å². The molecule has 2 nitrogen and oxygen atoms in total. The summed E-state index contributed by atoms with van der Waals surface area (Å²) in [4.78, 5) is 0. The number of hydrogen-bond acceptors (Lipinski definition) is 2. The molecule has 0 aromatic carbocycles. The third kappa shape index (κ3) is 5.06. The second-order valence-electron chi connectivity index (χ2n) is 1.04. The van der Waals surface area contributed by atoms with E-state index in [0.717, 1.165) is 0 Å². The van der Waals surface area contributed by atoms with Gasteiger partial charge in [0, 0.05) is 0 Å². The van der Waals surface area contributed by atoms with E-state index in [-0.39, 0.29) is 6.61 Å². The molecule has 0 atom stereocenters. The van der Waals surface area contributed by atoms with Crippen molar-refractivity contribution in [3.05, 3.63) is 12.7 Å². The summed E-state index contributed by atoms with van der Waals surface area (Å²) in [5.74, 6) is 2.32. The maximum Gasteiger partial charge on any atom is 0.118 e. The van der Waals surface area contributed by atoms with Gasteiger partial charge in [-0.3, -0.25) is 0 Å². The number of aliphatic hydroxyl groups excluding tert-OH is 1. The number of hydrogen-bond donors (Lipinski definition) is 1. The molecule has 0 aromatic rings. The number of rotatable bonds is 2. The second-order valence-corrected chi connectivity index (χ2v) is 1.04. The highest BCUT2D eigenvalue weighted by molar-refractivity contribution is 4.91. The van der Waals surface area contributed by atoms with Gasteiger partial charge in [-0.15, -0.1) is 0 Å². The van der Waals surface area contributed by atoms with Crippen molar-refractivity contribution < 1.29 is 9.84 Å². The Morgan fingerprint density at radius 3 is 3.00 bits per heavy atom. The molecule has 2 heteroatoms. The van der Waals surface area contributed by atoms with Crippen LogP contribution in [0, 0.1) is 12.0 Å². The van der Waals surface area contributed by atoms with Gasteiger partial charge < -0.3 is 9.84 Å². The lowest BCUT2D eigenvalue weighted by Gasteiger charge is -1.84. The van der Waals surface area contributed by atoms with E-state index in [1.807, 2.05) is 0 Å². The molecule has 0 aromatic heterocycles. The van der Waals surface area contributed by atoms with Crippen molar-refractivity contribution >= 4 is 0 Å². The summed E-state index contributed by atoms with van der Waals surface area (Å²) in [6.45, 7) is 3.66. The first-order valence-electron chi connectivity index (χ1n) is 2.23. The highest BCUT2D eigenvalue weighted by atomic mass is 16.5. The van der Waals surface area contributed by atoms with E-state index < -0.39 is 0 Å². The van der Waals surface area contributed by atoms with Crippen LogP contribution in [0.2, 0.25) is 0 Å². The van der Waals surface area contributed by atoms with E-state index in [4.69, 9.17) is 5.11 Å². The van der Waals surface area contributed by atoms with Gasteiger partial charge in [-0.2, -0.15) is 0 Å². The Kier molecular flexibility index (Phi) is 5.35. The van der Waals surface area contributed by atoms with E-state index in [0.29, 0.717) is 6.61 Å². The molecule has 0 aliphatic heterocycles. The van der Waals surface area contributed by atoms with Crippen LogP contribution in [0.4, 0.5) is 0 Å². The molecule has 0 heterocycles. The molecule has 0 spiro atoms. The minimum absolute atomic E-state index is 0.156. The molecule has 0 bridgehead atoms. The van der Waals surface area contributed by atoms with Crippen LogP contribution in [-0.4, -0.2) is 18.3 Å². The minimum atomic E-state index is -0.156. The van der Waals surface area contributed by atoms with Crippen LogP contribution in [0.25, 0.3) is 0 Å². The molecule has 0 unspecified atom stereocenters. The van der Waals surface area contributed by atoms with Crippen LogP contribution in [-0.2, 0) is 4.74 Å². The quantitative estimate of drug-likeness (QED) is 0.313. The van der Waals surface area contributed by atoms with Gasteiger partial charge in [0.2, 0.25) is 0 Å². The van der Waals surface area contributed by atoms with Gasteiger partial charge >= 0.3 is 0 Å². The van der Waals surface area contributed by atoms with Crippen molar-refractivity contribution in [1.29, 1.82) is 0 Å². The molecular formula is C6H8O2. The maximum absolute atomic E-state index is 8.09. The number of aliphatic hydroxyl groups is 1. The van der Waals surface area contributed by atoms with Crippen molar-refractivity contribution in [2.24, 2.45) is 0 Å². The highest BCUT2D eigenvalue weighted by Crippen LogP contribution is 1.67. The zero-order valence-corrected chi connectivity index (χ0v) is 4.55. The minimum Gasteiger partial charge on any atom is -0.442 e. The predicted molar refractivity (Wildman–Crippen MR) is 31.0 cm³/mol. The largest absolute Gasteiger partial charge is 0.442 e.